The van der Waals surface area contributed by atoms with Crippen molar-refractivity contribution in [1.82, 2.24) is 0 Å². The van der Waals surface area contributed by atoms with E-state index in [1.807, 2.05) is 0 Å². The Morgan fingerprint density at radius 3 is 2.28 bits per heavy atom. The van der Waals surface area contributed by atoms with Crippen molar-refractivity contribution >= 4 is 17.6 Å². The van der Waals surface area contributed by atoms with E-state index in [4.69, 9.17) is 15.6 Å². The summed E-state index contributed by atoms with van der Waals surface area (Å²) in [7, 11) is 0. The van der Waals surface area contributed by atoms with E-state index < -0.39 is 5.97 Å². The molecule has 0 fully saturated rings. The van der Waals surface area contributed by atoms with Gasteiger partial charge in [0.1, 0.15) is 5.75 Å². The van der Waals surface area contributed by atoms with Gasteiger partial charge in [0.15, 0.2) is 0 Å². The molecule has 0 aliphatic rings. The van der Waals surface area contributed by atoms with Crippen LogP contribution in [0.5, 0.6) is 5.75 Å². The lowest BCUT2D eigenvalue weighted by atomic mass is 10.1. The topological polar surface area (TPSA) is 89.6 Å². The SMILES string of the molecule is Nc1ccc(OC(=O)CCCCCC(=O)O)cc1. The monoisotopic (exact) mass is 251 g/mol. The third-order valence-corrected chi connectivity index (χ3v) is 2.38. The predicted octanol–water partition coefficient (Wildman–Crippen LogP) is 2.21. The van der Waals surface area contributed by atoms with Crippen molar-refractivity contribution in [2.24, 2.45) is 0 Å². The quantitative estimate of drug-likeness (QED) is 0.335. The van der Waals surface area contributed by atoms with Gasteiger partial charge >= 0.3 is 11.9 Å². The van der Waals surface area contributed by atoms with Crippen LogP contribution in [0.25, 0.3) is 0 Å². The Bertz CT molecular complexity index is 400. The lowest BCUT2D eigenvalue weighted by Gasteiger charge is -2.04. The first-order valence-electron chi connectivity index (χ1n) is 5.86. The van der Waals surface area contributed by atoms with Gasteiger partial charge in [0.2, 0.25) is 0 Å². The van der Waals surface area contributed by atoms with Gasteiger partial charge in [0.05, 0.1) is 0 Å². The molecular formula is C13H17NO4. The van der Waals surface area contributed by atoms with E-state index >= 15 is 0 Å². The molecule has 0 spiro atoms. The molecule has 18 heavy (non-hydrogen) atoms. The number of nitrogens with two attached hydrogens (primary N) is 1. The molecule has 1 aromatic carbocycles. The van der Waals surface area contributed by atoms with Crippen molar-refractivity contribution in [2.45, 2.75) is 32.1 Å². The van der Waals surface area contributed by atoms with Crippen molar-refractivity contribution in [3.63, 3.8) is 0 Å². The van der Waals surface area contributed by atoms with Gasteiger partial charge in [-0.1, -0.05) is 6.42 Å². The molecule has 0 bridgehead atoms. The highest BCUT2D eigenvalue weighted by Gasteiger charge is 2.05. The van der Waals surface area contributed by atoms with Crippen LogP contribution >= 0.6 is 0 Å². The van der Waals surface area contributed by atoms with Gasteiger partial charge in [0.25, 0.3) is 0 Å². The fraction of sp³-hybridized carbons (Fsp3) is 0.385. The number of ether oxygens (including phenoxy) is 1. The number of benzene rings is 1. The summed E-state index contributed by atoms with van der Waals surface area (Å²) in [4.78, 5) is 21.7. The number of nitrogen functional groups attached to an aromatic ring is 1. The number of carbonyl (C=O) groups is 2. The predicted molar refractivity (Wildman–Crippen MR) is 67.2 cm³/mol. The van der Waals surface area contributed by atoms with Crippen molar-refractivity contribution in [1.29, 1.82) is 0 Å². The third kappa shape index (κ3) is 5.89. The van der Waals surface area contributed by atoms with Crippen LogP contribution in [0, 0.1) is 0 Å². The van der Waals surface area contributed by atoms with Gasteiger partial charge in [0, 0.05) is 18.5 Å². The normalized spacial score (nSPS) is 10.0. The Labute approximate surface area is 106 Å². The minimum Gasteiger partial charge on any atom is -0.481 e. The van der Waals surface area contributed by atoms with Crippen LogP contribution in [-0.4, -0.2) is 17.0 Å². The Kier molecular flexibility index (Phi) is 5.70. The summed E-state index contributed by atoms with van der Waals surface area (Å²) in [5, 5.41) is 8.44. The molecule has 0 saturated heterocycles. The average Bonchev–Trinajstić information content (AvgIpc) is 2.31. The number of carbonyl (C=O) groups excluding carboxylic acids is 1. The summed E-state index contributed by atoms with van der Waals surface area (Å²) in [6.07, 6.45) is 2.38. The van der Waals surface area contributed by atoms with Crippen molar-refractivity contribution in [3.05, 3.63) is 24.3 Å². The zero-order valence-electron chi connectivity index (χ0n) is 10.1. The summed E-state index contributed by atoms with van der Waals surface area (Å²) in [6, 6.07) is 6.60. The Morgan fingerprint density at radius 2 is 1.67 bits per heavy atom. The maximum absolute atomic E-state index is 11.4. The smallest absolute Gasteiger partial charge is 0.311 e. The zero-order valence-corrected chi connectivity index (χ0v) is 10.1. The van der Waals surface area contributed by atoms with Gasteiger partial charge in [-0.2, -0.15) is 0 Å². The fourth-order valence-electron chi connectivity index (χ4n) is 1.44. The minimum absolute atomic E-state index is 0.146. The van der Waals surface area contributed by atoms with Gasteiger partial charge in [-0.05, 0) is 37.1 Å². The first-order chi connectivity index (χ1) is 8.58. The van der Waals surface area contributed by atoms with Crippen molar-refractivity contribution in [2.75, 3.05) is 5.73 Å². The lowest BCUT2D eigenvalue weighted by molar-refractivity contribution is -0.137. The highest BCUT2D eigenvalue weighted by atomic mass is 16.5. The number of hydrogen-bond acceptors (Lipinski definition) is 4. The second-order valence-electron chi connectivity index (χ2n) is 4.00. The molecule has 0 radical (unpaired) electrons. The molecule has 0 atom stereocenters. The number of aliphatic carboxylic acids is 1. The summed E-state index contributed by atoms with van der Waals surface area (Å²) < 4.78 is 5.09. The lowest BCUT2D eigenvalue weighted by Crippen LogP contribution is -2.07. The van der Waals surface area contributed by atoms with Gasteiger partial charge in [-0.25, -0.2) is 0 Å². The largest absolute Gasteiger partial charge is 0.481 e. The number of anilines is 1. The number of unbranched alkanes of at least 4 members (excludes halogenated alkanes) is 2. The molecule has 0 aliphatic carbocycles. The Hall–Kier alpha value is -2.04. The maximum Gasteiger partial charge on any atom is 0.311 e. The van der Waals surface area contributed by atoms with Crippen molar-refractivity contribution < 1.29 is 19.4 Å². The minimum atomic E-state index is -0.806. The van der Waals surface area contributed by atoms with Gasteiger partial charge in [-0.3, -0.25) is 9.59 Å². The molecule has 1 rings (SSSR count). The Morgan fingerprint density at radius 1 is 1.06 bits per heavy atom. The summed E-state index contributed by atoms with van der Waals surface area (Å²) in [5.74, 6) is -0.644. The fourth-order valence-corrected chi connectivity index (χ4v) is 1.44. The summed E-state index contributed by atoms with van der Waals surface area (Å²) in [5.41, 5.74) is 6.12. The highest BCUT2D eigenvalue weighted by molar-refractivity contribution is 5.72. The molecule has 3 N–H and O–H groups in total. The zero-order chi connectivity index (χ0) is 13.4. The van der Waals surface area contributed by atoms with Crippen LogP contribution in [0.2, 0.25) is 0 Å². The third-order valence-electron chi connectivity index (χ3n) is 2.38. The van der Waals surface area contributed by atoms with Crippen LogP contribution < -0.4 is 10.5 Å². The molecule has 0 saturated carbocycles. The van der Waals surface area contributed by atoms with Gasteiger partial charge < -0.3 is 15.6 Å². The molecule has 0 unspecified atom stereocenters. The molecule has 5 heteroatoms. The number of carboxylic acid groups (broad SMARTS) is 1. The second kappa shape index (κ2) is 7.32. The molecule has 1 aromatic rings. The molecule has 98 valence electrons. The first-order valence-corrected chi connectivity index (χ1v) is 5.86. The first kappa shape index (κ1) is 14.0. The number of hydrogen-bond donors (Lipinski definition) is 2. The van der Waals surface area contributed by atoms with E-state index in [2.05, 4.69) is 0 Å². The molecule has 0 aromatic heterocycles. The van der Waals surface area contributed by atoms with E-state index in [1.54, 1.807) is 24.3 Å². The number of carboxylic acids is 1. The van der Waals surface area contributed by atoms with Crippen LogP contribution in [-0.2, 0) is 9.59 Å². The second-order valence-corrected chi connectivity index (χ2v) is 4.00. The molecule has 0 amide bonds. The standard InChI is InChI=1S/C13H17NO4/c14-10-6-8-11(9-7-10)18-13(17)5-3-1-2-4-12(15)16/h6-9H,1-5,14H2,(H,15,16). The molecule has 0 aliphatic heterocycles. The molecule has 0 heterocycles. The summed E-state index contributed by atoms with van der Waals surface area (Å²) in [6.45, 7) is 0. The van der Waals surface area contributed by atoms with E-state index in [9.17, 15) is 9.59 Å². The van der Waals surface area contributed by atoms with Crippen molar-refractivity contribution in [3.8, 4) is 5.75 Å². The van der Waals surface area contributed by atoms with E-state index in [0.29, 0.717) is 37.1 Å². The summed E-state index contributed by atoms with van der Waals surface area (Å²) >= 11 is 0. The van der Waals surface area contributed by atoms with Crippen LogP contribution in [0.15, 0.2) is 24.3 Å². The maximum atomic E-state index is 11.4. The van der Waals surface area contributed by atoms with E-state index in [1.165, 1.54) is 0 Å². The molecule has 5 nitrogen and oxygen atoms in total. The number of esters is 1. The average molecular weight is 251 g/mol. The van der Waals surface area contributed by atoms with Crippen LogP contribution in [0.1, 0.15) is 32.1 Å². The molecular weight excluding hydrogens is 234 g/mol. The van der Waals surface area contributed by atoms with E-state index in [-0.39, 0.29) is 12.4 Å². The number of rotatable bonds is 7. The van der Waals surface area contributed by atoms with Gasteiger partial charge in [-0.15, -0.1) is 0 Å². The van der Waals surface area contributed by atoms with Crippen LogP contribution in [0.3, 0.4) is 0 Å². The van der Waals surface area contributed by atoms with Crippen LogP contribution in [0.4, 0.5) is 5.69 Å². The Balaban J connectivity index is 2.17. The highest BCUT2D eigenvalue weighted by Crippen LogP contribution is 2.14. The van der Waals surface area contributed by atoms with E-state index in [0.717, 1.165) is 0 Å².